The minimum atomic E-state index is -3.89. The highest BCUT2D eigenvalue weighted by atomic mass is 32.2. The van der Waals surface area contributed by atoms with Gasteiger partial charge in [0.05, 0.1) is 24.7 Å². The quantitative estimate of drug-likeness (QED) is 0.131. The van der Waals surface area contributed by atoms with Gasteiger partial charge in [0.1, 0.15) is 12.2 Å². The van der Waals surface area contributed by atoms with E-state index in [0.717, 1.165) is 24.8 Å². The molecular weight excluding hydrogens is 464 g/mol. The fourth-order valence-corrected chi connectivity index (χ4v) is 5.14. The van der Waals surface area contributed by atoms with Crippen LogP contribution in [0.1, 0.15) is 109 Å². The summed E-state index contributed by atoms with van der Waals surface area (Å²) in [7, 11) is -3.89. The summed E-state index contributed by atoms with van der Waals surface area (Å²) in [4.78, 5) is 0.129. The molecule has 2 unspecified atom stereocenters. The van der Waals surface area contributed by atoms with Crippen molar-refractivity contribution in [2.45, 2.75) is 127 Å². The Labute approximate surface area is 214 Å². The molecule has 204 valence electrons. The topological polar surface area (TPSA) is 93.1 Å². The Morgan fingerprint density at radius 2 is 1.26 bits per heavy atom. The Bertz CT molecular complexity index is 719. The molecule has 0 aliphatic heterocycles. The smallest absolute Gasteiger partial charge is 0.297 e. The van der Waals surface area contributed by atoms with Crippen LogP contribution in [0.25, 0.3) is 0 Å². The third-order valence-electron chi connectivity index (χ3n) is 6.28. The summed E-state index contributed by atoms with van der Waals surface area (Å²) in [6, 6.07) is 6.58. The van der Waals surface area contributed by atoms with Crippen LogP contribution in [-0.2, 0) is 19.0 Å². The maximum atomic E-state index is 12.7. The maximum Gasteiger partial charge on any atom is 0.297 e. The van der Waals surface area contributed by atoms with Crippen LogP contribution in [0, 0.1) is 6.92 Å². The molecule has 2 N–H and O–H groups in total. The van der Waals surface area contributed by atoms with Crippen molar-refractivity contribution in [3.8, 4) is 0 Å². The zero-order valence-electron chi connectivity index (χ0n) is 22.1. The van der Waals surface area contributed by atoms with Gasteiger partial charge in [-0.05, 0) is 25.5 Å². The standard InChI is InChI=1S/C28H50O6S/c1-3-4-5-6-7-8-9-10-11-12-13-14-15-16-17-27(24-33-23-26(30)22-29)34-35(31,32)28-20-18-25(2)19-21-28/h18-21,26-27,29-30H,3-17,22-24H2,1-2H3. The van der Waals surface area contributed by atoms with Crippen molar-refractivity contribution in [2.24, 2.45) is 0 Å². The maximum absolute atomic E-state index is 12.7. The molecule has 0 heterocycles. The van der Waals surface area contributed by atoms with E-state index in [1.807, 2.05) is 6.92 Å². The Kier molecular flexibility index (Phi) is 18.4. The van der Waals surface area contributed by atoms with Crippen LogP contribution in [0.4, 0.5) is 0 Å². The van der Waals surface area contributed by atoms with E-state index in [1.54, 1.807) is 24.3 Å². The average Bonchev–Trinajstić information content (AvgIpc) is 2.84. The molecule has 0 amide bonds. The number of rotatable bonds is 23. The van der Waals surface area contributed by atoms with Crippen LogP contribution >= 0.6 is 0 Å². The summed E-state index contributed by atoms with van der Waals surface area (Å²) in [6.07, 6.45) is 16.7. The molecule has 6 nitrogen and oxygen atoms in total. The Hall–Kier alpha value is -0.990. The van der Waals surface area contributed by atoms with Gasteiger partial charge in [0.15, 0.2) is 0 Å². The van der Waals surface area contributed by atoms with Gasteiger partial charge in [-0.15, -0.1) is 0 Å². The van der Waals surface area contributed by atoms with Crippen LogP contribution in [0.3, 0.4) is 0 Å². The lowest BCUT2D eigenvalue weighted by molar-refractivity contribution is -0.0193. The van der Waals surface area contributed by atoms with Gasteiger partial charge in [0, 0.05) is 0 Å². The van der Waals surface area contributed by atoms with Crippen LogP contribution in [-0.4, -0.2) is 50.7 Å². The van der Waals surface area contributed by atoms with Gasteiger partial charge in [-0.2, -0.15) is 8.42 Å². The first kappa shape index (κ1) is 32.0. The molecule has 0 fully saturated rings. The molecule has 0 aromatic heterocycles. The van der Waals surface area contributed by atoms with Crippen LogP contribution < -0.4 is 0 Å². The molecular formula is C28H50O6S. The van der Waals surface area contributed by atoms with Crippen molar-refractivity contribution in [2.75, 3.05) is 19.8 Å². The van der Waals surface area contributed by atoms with E-state index in [4.69, 9.17) is 14.0 Å². The highest BCUT2D eigenvalue weighted by Crippen LogP contribution is 2.19. The molecule has 0 radical (unpaired) electrons. The van der Waals surface area contributed by atoms with Gasteiger partial charge in [-0.1, -0.05) is 115 Å². The summed E-state index contributed by atoms with van der Waals surface area (Å²) in [5.74, 6) is 0. The Morgan fingerprint density at radius 3 is 1.74 bits per heavy atom. The summed E-state index contributed by atoms with van der Waals surface area (Å²) >= 11 is 0. The van der Waals surface area contributed by atoms with Crippen molar-refractivity contribution < 1.29 is 27.6 Å². The van der Waals surface area contributed by atoms with Gasteiger partial charge in [0.25, 0.3) is 10.1 Å². The van der Waals surface area contributed by atoms with Crippen molar-refractivity contribution >= 4 is 10.1 Å². The first-order valence-electron chi connectivity index (χ1n) is 13.8. The fourth-order valence-electron chi connectivity index (χ4n) is 4.05. The second-order valence-electron chi connectivity index (χ2n) is 9.74. The SMILES string of the molecule is CCCCCCCCCCCCCCCCC(COCC(O)CO)OS(=O)(=O)c1ccc(C)cc1. The number of aliphatic hydroxyl groups excluding tert-OH is 2. The number of hydrogen-bond donors (Lipinski definition) is 2. The van der Waals surface area contributed by atoms with Crippen molar-refractivity contribution in [3.05, 3.63) is 29.8 Å². The van der Waals surface area contributed by atoms with E-state index < -0.39 is 28.9 Å². The molecule has 1 aromatic carbocycles. The molecule has 2 atom stereocenters. The highest BCUT2D eigenvalue weighted by molar-refractivity contribution is 7.86. The zero-order valence-corrected chi connectivity index (χ0v) is 22.9. The van der Waals surface area contributed by atoms with E-state index in [0.29, 0.717) is 6.42 Å². The van der Waals surface area contributed by atoms with Crippen LogP contribution in [0.2, 0.25) is 0 Å². The lowest BCUT2D eigenvalue weighted by Gasteiger charge is -2.19. The monoisotopic (exact) mass is 514 g/mol. The number of hydrogen-bond acceptors (Lipinski definition) is 6. The molecule has 0 aliphatic rings. The molecule has 0 spiro atoms. The summed E-state index contributed by atoms with van der Waals surface area (Å²) < 4.78 is 36.3. The normalized spacial score (nSPS) is 13.7. The minimum absolute atomic E-state index is 0.0559. The van der Waals surface area contributed by atoms with Gasteiger partial charge in [0.2, 0.25) is 0 Å². The number of ether oxygens (including phenoxy) is 1. The van der Waals surface area contributed by atoms with Gasteiger partial charge in [-0.25, -0.2) is 0 Å². The third-order valence-corrected chi connectivity index (χ3v) is 7.65. The van der Waals surface area contributed by atoms with Crippen LogP contribution in [0.5, 0.6) is 0 Å². The molecule has 1 aromatic rings. The van der Waals surface area contributed by atoms with E-state index in [1.165, 1.54) is 70.6 Å². The molecule has 7 heteroatoms. The van der Waals surface area contributed by atoms with Gasteiger partial charge < -0.3 is 14.9 Å². The number of aliphatic hydroxyl groups is 2. The van der Waals surface area contributed by atoms with Gasteiger partial charge in [-0.3, -0.25) is 4.18 Å². The lowest BCUT2D eigenvalue weighted by atomic mass is 10.0. The second kappa shape index (κ2) is 20.1. The fraction of sp³-hybridized carbons (Fsp3) is 0.786. The summed E-state index contributed by atoms with van der Waals surface area (Å²) in [5.41, 5.74) is 0.976. The first-order chi connectivity index (χ1) is 16.9. The van der Waals surface area contributed by atoms with E-state index >= 15 is 0 Å². The van der Waals surface area contributed by atoms with E-state index in [2.05, 4.69) is 6.92 Å². The number of unbranched alkanes of at least 4 members (excludes halogenated alkanes) is 13. The molecule has 0 aliphatic carbocycles. The summed E-state index contributed by atoms with van der Waals surface area (Å²) in [5, 5.41) is 18.4. The van der Waals surface area contributed by atoms with Gasteiger partial charge >= 0.3 is 0 Å². The third kappa shape index (κ3) is 16.4. The minimum Gasteiger partial charge on any atom is -0.394 e. The lowest BCUT2D eigenvalue weighted by Crippen LogP contribution is -2.27. The van der Waals surface area contributed by atoms with Crippen molar-refractivity contribution in [3.63, 3.8) is 0 Å². The average molecular weight is 515 g/mol. The molecule has 0 bridgehead atoms. The van der Waals surface area contributed by atoms with Crippen molar-refractivity contribution in [1.82, 2.24) is 0 Å². The Balaban J connectivity index is 2.28. The Morgan fingerprint density at radius 1 is 0.771 bits per heavy atom. The predicted molar refractivity (Wildman–Crippen MR) is 142 cm³/mol. The van der Waals surface area contributed by atoms with E-state index in [-0.39, 0.29) is 18.1 Å². The first-order valence-corrected chi connectivity index (χ1v) is 15.2. The predicted octanol–water partition coefficient (Wildman–Crippen LogP) is 6.31. The van der Waals surface area contributed by atoms with Crippen LogP contribution in [0.15, 0.2) is 29.2 Å². The largest absolute Gasteiger partial charge is 0.394 e. The summed E-state index contributed by atoms with van der Waals surface area (Å²) in [6.45, 7) is 3.76. The highest BCUT2D eigenvalue weighted by Gasteiger charge is 2.22. The number of benzene rings is 1. The zero-order chi connectivity index (χ0) is 25.8. The molecule has 0 saturated carbocycles. The molecule has 0 saturated heterocycles. The molecule has 35 heavy (non-hydrogen) atoms. The second-order valence-corrected chi connectivity index (χ2v) is 11.3. The van der Waals surface area contributed by atoms with E-state index in [9.17, 15) is 13.5 Å². The molecule has 1 rings (SSSR count). The van der Waals surface area contributed by atoms with Crippen molar-refractivity contribution in [1.29, 1.82) is 0 Å². The number of aryl methyl sites for hydroxylation is 1.